The normalized spacial score (nSPS) is 28.6. The first kappa shape index (κ1) is 12.8. The molecule has 2 heterocycles. The minimum absolute atomic E-state index is 0.372. The molecule has 3 atom stereocenters. The lowest BCUT2D eigenvalue weighted by molar-refractivity contribution is 0.271. The van der Waals surface area contributed by atoms with Gasteiger partial charge in [0.05, 0.1) is 5.69 Å². The number of fused-ring (bicyclic) bond motifs is 1. The summed E-state index contributed by atoms with van der Waals surface area (Å²) in [5.74, 6) is 2.28. The minimum atomic E-state index is 0.372. The van der Waals surface area contributed by atoms with Crippen molar-refractivity contribution in [2.45, 2.75) is 25.3 Å². The Balaban J connectivity index is 1.60. The van der Waals surface area contributed by atoms with E-state index in [4.69, 9.17) is 5.73 Å². The molecule has 1 aromatic carbocycles. The average molecular weight is 284 g/mol. The number of rotatable bonds is 2. The van der Waals surface area contributed by atoms with Crippen molar-refractivity contribution in [1.82, 2.24) is 20.2 Å². The Bertz CT molecular complexity index is 610. The first-order chi connectivity index (χ1) is 10.3. The number of nitrogens with zero attached hydrogens (tertiary/aromatic N) is 5. The van der Waals surface area contributed by atoms with Crippen LogP contribution < -0.4 is 10.6 Å². The van der Waals surface area contributed by atoms with Crippen LogP contribution >= 0.6 is 0 Å². The van der Waals surface area contributed by atoms with Gasteiger partial charge in [-0.1, -0.05) is 23.3 Å². The Morgan fingerprint density at radius 3 is 2.71 bits per heavy atom. The molecule has 1 saturated carbocycles. The molecule has 2 aromatic rings. The summed E-state index contributed by atoms with van der Waals surface area (Å²) in [5.41, 5.74) is 7.12. The summed E-state index contributed by atoms with van der Waals surface area (Å²) in [6.07, 6.45) is 3.52. The standard InChI is InChI=1S/C15H20N6/c16-13-7-6-11-9-20(10-12(11)8-13)15-17-18-19-21(15)14-4-2-1-3-5-14/h1-5,11-13H,6-10,16H2/t11-,12+,13?/m1/s1. The van der Waals surface area contributed by atoms with E-state index in [2.05, 4.69) is 20.4 Å². The van der Waals surface area contributed by atoms with Crippen molar-refractivity contribution >= 4 is 5.95 Å². The van der Waals surface area contributed by atoms with Gasteiger partial charge in [0.2, 0.25) is 5.95 Å². The molecule has 2 fully saturated rings. The Morgan fingerprint density at radius 1 is 1.05 bits per heavy atom. The first-order valence-corrected chi connectivity index (χ1v) is 7.65. The van der Waals surface area contributed by atoms with Gasteiger partial charge in [0.1, 0.15) is 0 Å². The highest BCUT2D eigenvalue weighted by molar-refractivity contribution is 5.41. The quantitative estimate of drug-likeness (QED) is 0.898. The molecule has 1 aliphatic heterocycles. The lowest BCUT2D eigenvalue weighted by atomic mass is 9.79. The maximum absolute atomic E-state index is 6.11. The number of nitrogens with two attached hydrogens (primary N) is 1. The summed E-state index contributed by atoms with van der Waals surface area (Å²) in [6.45, 7) is 2.07. The van der Waals surface area contributed by atoms with E-state index in [1.807, 2.05) is 35.0 Å². The summed E-state index contributed by atoms with van der Waals surface area (Å²) in [6, 6.07) is 10.4. The number of hydrogen-bond donors (Lipinski definition) is 1. The van der Waals surface area contributed by atoms with E-state index in [0.29, 0.717) is 12.0 Å². The van der Waals surface area contributed by atoms with Gasteiger partial charge in [0.15, 0.2) is 0 Å². The van der Waals surface area contributed by atoms with E-state index in [9.17, 15) is 0 Å². The molecule has 2 N–H and O–H groups in total. The van der Waals surface area contributed by atoms with Crippen molar-refractivity contribution in [3.8, 4) is 5.69 Å². The fraction of sp³-hybridized carbons (Fsp3) is 0.533. The van der Waals surface area contributed by atoms with Crippen LogP contribution in [-0.2, 0) is 0 Å². The Kier molecular flexibility index (Phi) is 3.11. The van der Waals surface area contributed by atoms with E-state index in [1.165, 1.54) is 6.42 Å². The van der Waals surface area contributed by atoms with Crippen molar-refractivity contribution in [2.75, 3.05) is 18.0 Å². The molecule has 1 aliphatic carbocycles. The predicted molar refractivity (Wildman–Crippen MR) is 80.2 cm³/mol. The smallest absolute Gasteiger partial charge is 0.250 e. The SMILES string of the molecule is NC1CC[C@@H]2CN(c3nnnn3-c3ccccc3)C[C@@H]2C1. The lowest BCUT2D eigenvalue weighted by Crippen LogP contribution is -2.32. The Labute approximate surface area is 123 Å². The highest BCUT2D eigenvalue weighted by Crippen LogP contribution is 2.37. The summed E-state index contributed by atoms with van der Waals surface area (Å²) in [4.78, 5) is 2.32. The van der Waals surface area contributed by atoms with E-state index < -0.39 is 0 Å². The van der Waals surface area contributed by atoms with Crippen molar-refractivity contribution in [1.29, 1.82) is 0 Å². The van der Waals surface area contributed by atoms with Crippen molar-refractivity contribution in [3.05, 3.63) is 30.3 Å². The van der Waals surface area contributed by atoms with Crippen LogP contribution in [0.4, 0.5) is 5.95 Å². The molecule has 1 unspecified atom stereocenters. The fourth-order valence-corrected chi connectivity index (χ4v) is 3.75. The number of para-hydroxylation sites is 1. The second-order valence-corrected chi connectivity index (χ2v) is 6.22. The van der Waals surface area contributed by atoms with Gasteiger partial charge in [-0.05, 0) is 53.7 Å². The highest BCUT2D eigenvalue weighted by atomic mass is 15.6. The van der Waals surface area contributed by atoms with Crippen LogP contribution in [0.15, 0.2) is 30.3 Å². The fourth-order valence-electron chi connectivity index (χ4n) is 3.75. The third-order valence-corrected chi connectivity index (χ3v) is 4.83. The number of hydrogen-bond acceptors (Lipinski definition) is 5. The monoisotopic (exact) mass is 284 g/mol. The van der Waals surface area contributed by atoms with Crippen LogP contribution in [-0.4, -0.2) is 39.3 Å². The van der Waals surface area contributed by atoms with Gasteiger partial charge in [0.25, 0.3) is 0 Å². The largest absolute Gasteiger partial charge is 0.339 e. The van der Waals surface area contributed by atoms with Crippen molar-refractivity contribution in [3.63, 3.8) is 0 Å². The van der Waals surface area contributed by atoms with E-state index >= 15 is 0 Å². The maximum atomic E-state index is 6.11. The molecule has 0 radical (unpaired) electrons. The van der Waals surface area contributed by atoms with Gasteiger partial charge in [-0.15, -0.1) is 0 Å². The maximum Gasteiger partial charge on any atom is 0.250 e. The van der Waals surface area contributed by atoms with Gasteiger partial charge in [0, 0.05) is 19.1 Å². The first-order valence-electron chi connectivity index (χ1n) is 7.65. The Morgan fingerprint density at radius 2 is 1.86 bits per heavy atom. The Hall–Kier alpha value is -1.95. The van der Waals surface area contributed by atoms with Crippen LogP contribution in [0.5, 0.6) is 0 Å². The molecule has 4 rings (SSSR count). The van der Waals surface area contributed by atoms with Gasteiger partial charge in [-0.2, -0.15) is 4.68 Å². The van der Waals surface area contributed by atoms with Gasteiger partial charge >= 0.3 is 0 Å². The second kappa shape index (κ2) is 5.11. The molecule has 0 bridgehead atoms. The van der Waals surface area contributed by atoms with Crippen molar-refractivity contribution in [2.24, 2.45) is 17.6 Å². The molecule has 2 aliphatic rings. The van der Waals surface area contributed by atoms with E-state index in [0.717, 1.165) is 43.5 Å². The summed E-state index contributed by atoms with van der Waals surface area (Å²) >= 11 is 0. The topological polar surface area (TPSA) is 72.9 Å². The number of anilines is 1. The minimum Gasteiger partial charge on any atom is -0.339 e. The third-order valence-electron chi connectivity index (χ3n) is 4.83. The zero-order valence-electron chi connectivity index (χ0n) is 12.0. The lowest BCUT2D eigenvalue weighted by Gasteiger charge is -2.27. The average Bonchev–Trinajstić information content (AvgIpc) is 3.13. The van der Waals surface area contributed by atoms with Gasteiger partial charge < -0.3 is 10.6 Å². The zero-order valence-corrected chi connectivity index (χ0v) is 12.0. The van der Waals surface area contributed by atoms with Crippen LogP contribution in [0.3, 0.4) is 0 Å². The van der Waals surface area contributed by atoms with Gasteiger partial charge in [-0.25, -0.2) is 0 Å². The summed E-state index contributed by atoms with van der Waals surface area (Å²) in [5, 5.41) is 12.3. The van der Waals surface area contributed by atoms with Crippen LogP contribution in [0.1, 0.15) is 19.3 Å². The number of benzene rings is 1. The van der Waals surface area contributed by atoms with Crippen LogP contribution in [0.2, 0.25) is 0 Å². The molecular formula is C15H20N6. The zero-order chi connectivity index (χ0) is 14.2. The molecule has 1 aromatic heterocycles. The molecule has 110 valence electrons. The van der Waals surface area contributed by atoms with Crippen LogP contribution in [0, 0.1) is 11.8 Å². The van der Waals surface area contributed by atoms with E-state index in [1.54, 1.807) is 0 Å². The molecule has 0 spiro atoms. The van der Waals surface area contributed by atoms with Gasteiger partial charge in [-0.3, -0.25) is 0 Å². The van der Waals surface area contributed by atoms with E-state index in [-0.39, 0.29) is 0 Å². The second-order valence-electron chi connectivity index (χ2n) is 6.22. The highest BCUT2D eigenvalue weighted by Gasteiger charge is 2.38. The molecule has 6 heteroatoms. The van der Waals surface area contributed by atoms with Crippen molar-refractivity contribution < 1.29 is 0 Å². The summed E-state index contributed by atoms with van der Waals surface area (Å²) < 4.78 is 1.83. The van der Waals surface area contributed by atoms with Crippen LogP contribution in [0.25, 0.3) is 5.69 Å². The number of tetrazole rings is 1. The predicted octanol–water partition coefficient (Wildman–Crippen LogP) is 1.23. The summed E-state index contributed by atoms with van der Waals surface area (Å²) in [7, 11) is 0. The molecule has 21 heavy (non-hydrogen) atoms. The molecule has 6 nitrogen and oxygen atoms in total. The third kappa shape index (κ3) is 2.29. The molecule has 1 saturated heterocycles. The number of aromatic nitrogens is 4. The molecular weight excluding hydrogens is 264 g/mol. The molecule has 0 amide bonds.